The van der Waals surface area contributed by atoms with Crippen LogP contribution in [0.15, 0.2) is 266 Å². The van der Waals surface area contributed by atoms with Gasteiger partial charge in [-0.05, 0) is 58.2 Å². The smallest absolute Gasteiger partial charge is 0.164 e. The van der Waals surface area contributed by atoms with E-state index in [-0.39, 0.29) is 0 Å². The Hall–Kier alpha value is -9.39. The molecule has 0 radical (unpaired) electrons. The topological polar surface area (TPSA) is 68.3 Å². The summed E-state index contributed by atoms with van der Waals surface area (Å²) in [6.45, 7) is 8.43. The third kappa shape index (κ3) is 8.74. The van der Waals surface area contributed by atoms with E-state index in [1.165, 1.54) is 10.8 Å². The lowest BCUT2D eigenvalue weighted by molar-refractivity contribution is 1.07. The molecule has 2 heterocycles. The van der Waals surface area contributed by atoms with Gasteiger partial charge in [-0.25, -0.2) is 24.9 Å². The van der Waals surface area contributed by atoms with Gasteiger partial charge in [-0.3, -0.25) is 0 Å². The second-order valence-electron chi connectivity index (χ2n) is 16.6. The average molecular weight is 885 g/mol. The zero-order valence-corrected chi connectivity index (χ0v) is 37.7. The summed E-state index contributed by atoms with van der Waals surface area (Å²) in [4.78, 5) is 24.8. The molecule has 0 bridgehead atoms. The van der Waals surface area contributed by atoms with Crippen LogP contribution in [0, 0.1) is 0 Å². The maximum Gasteiger partial charge on any atom is 0.164 e. The molecule has 0 aliphatic heterocycles. The number of hydrogen-bond donors (Lipinski definition) is 0. The van der Waals surface area contributed by atoms with Crippen LogP contribution in [-0.2, 0) is 0 Å². The molecule has 11 aromatic rings. The Balaban J connectivity index is 0.927. The van der Waals surface area contributed by atoms with Gasteiger partial charge in [0.1, 0.15) is 0 Å². The van der Waals surface area contributed by atoms with Crippen molar-refractivity contribution in [1.82, 2.24) is 19.5 Å². The molecule has 0 spiro atoms. The molecule has 9 aromatic carbocycles. The van der Waals surface area contributed by atoms with E-state index in [1.54, 1.807) is 6.08 Å². The molecule has 0 fully saturated rings. The van der Waals surface area contributed by atoms with Crippen LogP contribution in [0.25, 0.3) is 89.6 Å². The van der Waals surface area contributed by atoms with Crippen molar-refractivity contribution in [2.24, 2.45) is 9.98 Å². The summed E-state index contributed by atoms with van der Waals surface area (Å²) >= 11 is 0. The molecule has 2 aromatic heterocycles. The third-order valence-electron chi connectivity index (χ3n) is 12.3. The van der Waals surface area contributed by atoms with Gasteiger partial charge in [0.15, 0.2) is 23.3 Å². The molecular formula is C63H44N6. The van der Waals surface area contributed by atoms with Gasteiger partial charge in [-0.15, -0.1) is 0 Å². The number of fused-ring (bicyclic) bond motifs is 3. The minimum absolute atomic E-state index is 0.567. The summed E-state index contributed by atoms with van der Waals surface area (Å²) in [7, 11) is 0. The molecule has 0 aliphatic carbocycles. The highest BCUT2D eigenvalue weighted by molar-refractivity contribution is 6.17. The minimum Gasteiger partial charge on any atom is -0.309 e. The van der Waals surface area contributed by atoms with E-state index in [0.717, 1.165) is 78.1 Å². The molecule has 69 heavy (non-hydrogen) atoms. The Bertz CT molecular complexity index is 3640. The first-order valence-corrected chi connectivity index (χ1v) is 22.9. The van der Waals surface area contributed by atoms with Crippen LogP contribution in [0.5, 0.6) is 0 Å². The quantitative estimate of drug-likeness (QED) is 0.0960. The molecule has 0 saturated heterocycles. The average Bonchev–Trinajstić information content (AvgIpc) is 3.76. The van der Waals surface area contributed by atoms with E-state index in [2.05, 4.69) is 133 Å². The number of aromatic nitrogens is 4. The molecule has 0 atom stereocenters. The Kier molecular flexibility index (Phi) is 11.5. The molecule has 0 saturated carbocycles. The molecular weight excluding hydrogens is 841 g/mol. The fourth-order valence-corrected chi connectivity index (χ4v) is 8.72. The normalized spacial score (nSPS) is 11.8. The van der Waals surface area contributed by atoms with Gasteiger partial charge in [-0.1, -0.05) is 225 Å². The molecule has 0 N–H and O–H groups in total. The Morgan fingerprint density at radius 2 is 0.768 bits per heavy atom. The lowest BCUT2D eigenvalue weighted by atomic mass is 10.00. The van der Waals surface area contributed by atoms with Crippen molar-refractivity contribution in [1.29, 1.82) is 0 Å². The minimum atomic E-state index is 0.567. The van der Waals surface area contributed by atoms with Crippen molar-refractivity contribution in [2.75, 3.05) is 0 Å². The van der Waals surface area contributed by atoms with Crippen molar-refractivity contribution in [2.45, 2.75) is 0 Å². The molecule has 0 aliphatic rings. The predicted octanol–water partition coefficient (Wildman–Crippen LogP) is 15.4. The van der Waals surface area contributed by atoms with Crippen molar-refractivity contribution >= 4 is 39.1 Å². The first-order chi connectivity index (χ1) is 34.1. The first kappa shape index (κ1) is 42.3. The highest BCUT2D eigenvalue weighted by Gasteiger charge is 2.17. The number of amidine groups is 1. The van der Waals surface area contributed by atoms with Crippen molar-refractivity contribution in [3.8, 4) is 62.1 Å². The molecule has 0 unspecified atom stereocenters. The Labute approximate surface area is 401 Å². The summed E-state index contributed by atoms with van der Waals surface area (Å²) in [5.41, 5.74) is 14.7. The van der Waals surface area contributed by atoms with Gasteiger partial charge >= 0.3 is 0 Å². The van der Waals surface area contributed by atoms with E-state index in [1.807, 2.05) is 121 Å². The summed E-state index contributed by atoms with van der Waals surface area (Å²) in [5.74, 6) is 2.47. The van der Waals surface area contributed by atoms with Crippen LogP contribution in [0.1, 0.15) is 16.7 Å². The van der Waals surface area contributed by atoms with Crippen molar-refractivity contribution < 1.29 is 0 Å². The lowest BCUT2D eigenvalue weighted by Crippen LogP contribution is -2.05. The van der Waals surface area contributed by atoms with Gasteiger partial charge in [-0.2, -0.15) is 0 Å². The monoisotopic (exact) mass is 884 g/mol. The van der Waals surface area contributed by atoms with Gasteiger partial charge in [0.25, 0.3) is 0 Å². The number of benzene rings is 9. The number of nitrogens with zero attached hydrogens (tertiary/aromatic N) is 6. The van der Waals surface area contributed by atoms with Crippen LogP contribution >= 0.6 is 0 Å². The van der Waals surface area contributed by atoms with Gasteiger partial charge in [0, 0.05) is 44.3 Å². The van der Waals surface area contributed by atoms with Gasteiger partial charge in [0.05, 0.1) is 22.4 Å². The Morgan fingerprint density at radius 1 is 0.377 bits per heavy atom. The third-order valence-corrected chi connectivity index (χ3v) is 12.3. The van der Waals surface area contributed by atoms with Crippen molar-refractivity contribution in [3.05, 3.63) is 273 Å². The standard InChI is InChI=1S/C63H44N6/c1-3-57(47-19-9-4-10-20-47)65-60(48-21-11-5-12-22-48)64-43(2)44-29-31-45(32-30-44)52-37-39-55-56-40-38-53(42-59(56)69(58(55)41-52)54-27-17-8-18-28-54)46-33-35-51(36-34-46)63-67-61(49-23-13-6-14-24-49)66-62(68-63)50-25-15-7-16-26-50/h3-42H,1-2H2. The van der Waals surface area contributed by atoms with Crippen LogP contribution < -0.4 is 0 Å². The van der Waals surface area contributed by atoms with Crippen LogP contribution in [0.3, 0.4) is 0 Å². The number of rotatable bonds is 11. The molecule has 6 heteroatoms. The lowest BCUT2D eigenvalue weighted by Gasteiger charge is -2.11. The maximum atomic E-state index is 4.99. The van der Waals surface area contributed by atoms with E-state index >= 15 is 0 Å². The number of hydrogen-bond acceptors (Lipinski definition) is 4. The van der Waals surface area contributed by atoms with E-state index in [0.29, 0.717) is 29.0 Å². The summed E-state index contributed by atoms with van der Waals surface area (Å²) < 4.78 is 2.37. The first-order valence-electron chi connectivity index (χ1n) is 22.9. The summed E-state index contributed by atoms with van der Waals surface area (Å²) in [5, 5.41) is 2.36. The van der Waals surface area contributed by atoms with Gasteiger partial charge < -0.3 is 4.57 Å². The molecule has 6 nitrogen and oxygen atoms in total. The van der Waals surface area contributed by atoms with Crippen LogP contribution in [-0.4, -0.2) is 31.1 Å². The van der Waals surface area contributed by atoms with Crippen LogP contribution in [0.4, 0.5) is 0 Å². The predicted molar refractivity (Wildman–Crippen MR) is 287 cm³/mol. The highest BCUT2D eigenvalue weighted by Crippen LogP contribution is 2.38. The molecule has 0 amide bonds. The zero-order valence-electron chi connectivity index (χ0n) is 37.7. The fourth-order valence-electron chi connectivity index (χ4n) is 8.72. The fraction of sp³-hybridized carbons (Fsp3) is 0. The van der Waals surface area contributed by atoms with Crippen LogP contribution in [0.2, 0.25) is 0 Å². The number of aliphatic imine (C=N–C) groups is 2. The SMILES string of the molecule is C=CC(=NC(=NC(=C)c1ccc(-c2ccc3c4ccc(-c5ccc(-c6nc(-c7ccccc7)nc(-c7ccccc7)n6)cc5)cc4n(-c4ccccc4)c3c2)cc1)c1ccccc1)c1ccccc1. The number of allylic oxidation sites excluding steroid dienone is 1. The van der Waals surface area contributed by atoms with E-state index < -0.39 is 0 Å². The van der Waals surface area contributed by atoms with E-state index in [9.17, 15) is 0 Å². The van der Waals surface area contributed by atoms with E-state index in [4.69, 9.17) is 24.9 Å². The Morgan fingerprint density at radius 3 is 1.25 bits per heavy atom. The van der Waals surface area contributed by atoms with Gasteiger partial charge in [0.2, 0.25) is 0 Å². The molecule has 326 valence electrons. The largest absolute Gasteiger partial charge is 0.309 e. The number of para-hydroxylation sites is 1. The summed E-state index contributed by atoms with van der Waals surface area (Å²) in [6, 6.07) is 81.2. The molecule has 11 rings (SSSR count). The zero-order chi connectivity index (χ0) is 46.5. The second kappa shape index (κ2) is 18.8. The van der Waals surface area contributed by atoms with Crippen molar-refractivity contribution in [3.63, 3.8) is 0 Å². The summed E-state index contributed by atoms with van der Waals surface area (Å²) in [6.07, 6.45) is 1.76. The second-order valence-corrected chi connectivity index (χ2v) is 16.6. The highest BCUT2D eigenvalue weighted by atomic mass is 15.0. The maximum absolute atomic E-state index is 4.99.